The van der Waals surface area contributed by atoms with E-state index in [0.29, 0.717) is 0 Å². The number of aromatic nitrogens is 6. The first-order valence-electron chi connectivity index (χ1n) is 7.71. The van der Waals surface area contributed by atoms with Gasteiger partial charge in [0, 0.05) is 0 Å². The number of hydrogen-bond donors (Lipinski definition) is 2. The molecule has 0 amide bonds. The third-order valence-electron chi connectivity index (χ3n) is 3.98. The van der Waals surface area contributed by atoms with Gasteiger partial charge in [-0.05, 0) is 12.8 Å². The fourth-order valence-corrected chi connectivity index (χ4v) is 3.75. The topological polar surface area (TPSA) is 119 Å². The van der Waals surface area contributed by atoms with Crippen molar-refractivity contribution in [1.82, 2.24) is 30.4 Å². The molecule has 0 aliphatic rings. The van der Waals surface area contributed by atoms with Gasteiger partial charge < -0.3 is 0 Å². The van der Waals surface area contributed by atoms with Gasteiger partial charge in [0.2, 0.25) is 11.2 Å². The smallest absolute Gasteiger partial charge is 0.286 e. The molecule has 2 atom stereocenters. The fourth-order valence-electron chi connectivity index (χ4n) is 2.43. The van der Waals surface area contributed by atoms with Crippen LogP contribution < -0.4 is 0 Å². The maximum absolute atomic E-state index is 13.7. The molecule has 0 fully saturated rings. The second-order valence-corrected chi connectivity index (χ2v) is 6.36. The van der Waals surface area contributed by atoms with E-state index in [-0.39, 0.29) is 0 Å². The second kappa shape index (κ2) is 7.79. The molecule has 2 N–H and O–H groups in total. The maximum atomic E-state index is 13.7. The zero-order valence-electron chi connectivity index (χ0n) is 14.4. The predicted molar refractivity (Wildman–Crippen MR) is 80.0 cm³/mol. The van der Waals surface area contributed by atoms with Gasteiger partial charge >= 0.3 is 20.6 Å². The van der Waals surface area contributed by atoms with Crippen molar-refractivity contribution in [3.63, 3.8) is 0 Å². The van der Waals surface area contributed by atoms with E-state index in [1.165, 1.54) is 0 Å². The highest BCUT2D eigenvalue weighted by molar-refractivity contribution is 7.33. The Labute approximate surface area is 154 Å². The van der Waals surface area contributed by atoms with E-state index in [4.69, 9.17) is 0 Å². The van der Waals surface area contributed by atoms with Crippen LogP contribution in [0.15, 0.2) is 12.7 Å². The Kier molecular flexibility index (Phi) is 6.21. The number of rotatable bonds is 8. The minimum Gasteiger partial charge on any atom is -0.286 e. The Balaban J connectivity index is 2.43. The lowest BCUT2D eigenvalue weighted by Gasteiger charge is -2.35. The first-order valence-corrected chi connectivity index (χ1v) is 8.94. The van der Waals surface area contributed by atoms with Crippen LogP contribution in [0.2, 0.25) is 0 Å². The van der Waals surface area contributed by atoms with Crippen LogP contribution in [0.1, 0.15) is 38.3 Å². The van der Waals surface area contributed by atoms with Crippen LogP contribution in [0, 0.1) is 0 Å². The Morgan fingerprint density at radius 2 is 1.21 bits per heavy atom. The van der Waals surface area contributed by atoms with Gasteiger partial charge in [0.15, 0.2) is 11.6 Å². The molecule has 9 nitrogen and oxygen atoms in total. The van der Waals surface area contributed by atoms with E-state index in [9.17, 15) is 30.9 Å². The largest absolute Gasteiger partial charge is 0.425 e. The maximum Gasteiger partial charge on any atom is 0.425 e. The second-order valence-electron chi connectivity index (χ2n) is 5.46. The summed E-state index contributed by atoms with van der Waals surface area (Å²) in [4.78, 5) is 6.71. The molecular weight excluding hydrogens is 421 g/mol. The van der Waals surface area contributed by atoms with Gasteiger partial charge in [0.1, 0.15) is 12.7 Å². The summed E-state index contributed by atoms with van der Waals surface area (Å²) < 4.78 is 103. The van der Waals surface area contributed by atoms with Gasteiger partial charge in [-0.15, -0.1) is 0 Å². The van der Waals surface area contributed by atoms with Crippen molar-refractivity contribution in [2.75, 3.05) is 0 Å². The molecule has 0 aromatic carbocycles. The molecule has 0 radical (unpaired) electrons. The van der Waals surface area contributed by atoms with E-state index >= 15 is 0 Å². The summed E-state index contributed by atoms with van der Waals surface area (Å²) in [5.41, 5.74) is -6.68. The predicted octanol–water partition coefficient (Wildman–Crippen LogP) is 3.38. The standard InChI is InChI=1S/C12H15F6N6O3P/c1-3-9(11(13,14)15,7-19-5-21-23-7)26-28(25)27-10(4-2,12(16,17)18)8-20-6-22-24-8/h5-6,28H,3-4H2,1-2H3,(H,19,21,23)(H,20,22,24). The molecule has 0 aliphatic heterocycles. The molecule has 0 saturated carbocycles. The van der Waals surface area contributed by atoms with Crippen LogP contribution in [0.3, 0.4) is 0 Å². The molecular formula is C12H15F6N6O3P. The molecule has 16 heteroatoms. The molecule has 0 aliphatic carbocycles. The Morgan fingerprint density at radius 1 is 0.857 bits per heavy atom. The minimum atomic E-state index is -5.20. The highest BCUT2D eigenvalue weighted by atomic mass is 31.1. The first-order chi connectivity index (χ1) is 12.9. The normalized spacial score (nSPS) is 18.4. The summed E-state index contributed by atoms with van der Waals surface area (Å²) in [6, 6.07) is 0. The van der Waals surface area contributed by atoms with Gasteiger partial charge in [0.05, 0.1) is 0 Å². The summed E-state index contributed by atoms with van der Waals surface area (Å²) in [5.74, 6) is -1.90. The van der Waals surface area contributed by atoms with Crippen molar-refractivity contribution in [3.05, 3.63) is 24.3 Å². The van der Waals surface area contributed by atoms with Crippen LogP contribution in [0.5, 0.6) is 0 Å². The molecule has 2 aromatic heterocycles. The van der Waals surface area contributed by atoms with Crippen LogP contribution in [0.25, 0.3) is 0 Å². The lowest BCUT2D eigenvalue weighted by Crippen LogP contribution is -2.46. The van der Waals surface area contributed by atoms with E-state index in [2.05, 4.69) is 29.2 Å². The number of hydrogen-bond acceptors (Lipinski definition) is 7. The van der Waals surface area contributed by atoms with Crippen molar-refractivity contribution in [3.8, 4) is 0 Å². The van der Waals surface area contributed by atoms with Gasteiger partial charge in [-0.2, -0.15) is 36.5 Å². The zero-order valence-corrected chi connectivity index (χ0v) is 15.4. The van der Waals surface area contributed by atoms with Crippen molar-refractivity contribution in [1.29, 1.82) is 0 Å². The van der Waals surface area contributed by atoms with Crippen molar-refractivity contribution in [2.24, 2.45) is 0 Å². The van der Waals surface area contributed by atoms with Crippen LogP contribution in [-0.4, -0.2) is 42.7 Å². The first kappa shape index (κ1) is 22.3. The summed E-state index contributed by atoms with van der Waals surface area (Å²) in [5, 5.41) is 10.7. The highest BCUT2D eigenvalue weighted by Crippen LogP contribution is 2.54. The molecule has 0 bridgehead atoms. The number of alkyl halides is 6. The average molecular weight is 436 g/mol. The van der Waals surface area contributed by atoms with Crippen LogP contribution >= 0.6 is 8.25 Å². The minimum absolute atomic E-state index is 0.812. The summed E-state index contributed by atoms with van der Waals surface area (Å²) in [7, 11) is -4.42. The van der Waals surface area contributed by atoms with E-state index < -0.39 is 56.3 Å². The van der Waals surface area contributed by atoms with Crippen molar-refractivity contribution < 1.29 is 40.0 Å². The van der Waals surface area contributed by atoms with Crippen LogP contribution in [0.4, 0.5) is 26.3 Å². The Hall–Kier alpha value is -1.99. The molecule has 2 rings (SSSR count). The Bertz CT molecular complexity index is 719. The van der Waals surface area contributed by atoms with Crippen molar-refractivity contribution in [2.45, 2.75) is 50.2 Å². The summed E-state index contributed by atoms with van der Waals surface area (Å²) in [6.07, 6.45) is -10.5. The number of aromatic amines is 2. The Morgan fingerprint density at radius 3 is 1.43 bits per heavy atom. The van der Waals surface area contributed by atoms with E-state index in [1.807, 2.05) is 10.2 Å². The zero-order chi connectivity index (χ0) is 21.2. The van der Waals surface area contributed by atoms with E-state index in [0.717, 1.165) is 26.5 Å². The molecule has 0 spiro atoms. The van der Waals surface area contributed by atoms with Crippen molar-refractivity contribution >= 4 is 8.25 Å². The average Bonchev–Trinajstić information content (AvgIpc) is 3.28. The molecule has 158 valence electrons. The van der Waals surface area contributed by atoms with Gasteiger partial charge in [-0.25, -0.2) is 9.97 Å². The number of halogens is 6. The number of nitrogens with one attached hydrogen (secondary N) is 2. The summed E-state index contributed by atoms with van der Waals surface area (Å²) >= 11 is 0. The quantitative estimate of drug-likeness (QED) is 0.481. The SMILES string of the molecule is CCC(O[PH](=O)OC(CC)(c1nc[nH]n1)C(F)(F)F)(c1nc[nH]n1)C(F)(F)F. The van der Waals surface area contributed by atoms with Gasteiger partial charge in [-0.3, -0.25) is 23.8 Å². The molecule has 28 heavy (non-hydrogen) atoms. The third kappa shape index (κ3) is 3.78. The van der Waals surface area contributed by atoms with Gasteiger partial charge in [0.25, 0.3) is 0 Å². The molecule has 0 saturated heterocycles. The summed E-state index contributed by atoms with van der Waals surface area (Å²) in [6.45, 7) is 2.04. The lowest BCUT2D eigenvalue weighted by atomic mass is 9.99. The fraction of sp³-hybridized carbons (Fsp3) is 0.667. The monoisotopic (exact) mass is 436 g/mol. The highest BCUT2D eigenvalue weighted by Gasteiger charge is 2.63. The molecule has 2 heterocycles. The number of nitrogens with zero attached hydrogens (tertiary/aromatic N) is 4. The van der Waals surface area contributed by atoms with E-state index in [1.54, 1.807) is 0 Å². The number of H-pyrrole nitrogens is 2. The molecule has 2 unspecified atom stereocenters. The lowest BCUT2D eigenvalue weighted by molar-refractivity contribution is -0.276. The molecule has 2 aromatic rings. The third-order valence-corrected chi connectivity index (χ3v) is 5.01. The van der Waals surface area contributed by atoms with Gasteiger partial charge in [-0.1, -0.05) is 13.8 Å². The van der Waals surface area contributed by atoms with Crippen LogP contribution in [-0.2, 0) is 24.8 Å².